The van der Waals surface area contributed by atoms with Gasteiger partial charge in [-0.2, -0.15) is 12.6 Å². The molecule has 7 nitrogen and oxygen atoms in total. The molecular formula is C30H35N3O4S. The molecule has 0 spiro atoms. The highest BCUT2D eigenvalue weighted by molar-refractivity contribution is 7.80. The molecule has 2 N–H and O–H groups in total. The van der Waals surface area contributed by atoms with Gasteiger partial charge in [0.15, 0.2) is 0 Å². The lowest BCUT2D eigenvalue weighted by atomic mass is 10.00. The molecule has 3 aromatic rings. The minimum Gasteiger partial charge on any atom is -0.444 e. The lowest BCUT2D eigenvalue weighted by molar-refractivity contribution is -0.140. The Balaban J connectivity index is 1.95. The predicted molar refractivity (Wildman–Crippen MR) is 156 cm³/mol. The fraction of sp³-hybridized carbons (Fsp3) is 0.300. The topological polar surface area (TPSA) is 87.7 Å². The molecule has 38 heavy (non-hydrogen) atoms. The second-order valence-electron chi connectivity index (χ2n) is 9.83. The number of rotatable bonds is 9. The summed E-state index contributed by atoms with van der Waals surface area (Å²) in [6, 6.07) is 18.9. The van der Waals surface area contributed by atoms with E-state index in [-0.39, 0.29) is 18.2 Å². The average Bonchev–Trinajstić information content (AvgIpc) is 2.88. The summed E-state index contributed by atoms with van der Waals surface area (Å²) in [6.45, 7) is 11.0. The number of fused-ring (bicyclic) bond motifs is 1. The molecule has 2 atom stereocenters. The summed E-state index contributed by atoms with van der Waals surface area (Å²) in [7, 11) is 0. The number of likely N-dealkylation sites (N-methyl/N-ethyl adjacent to an activating group) is 1. The van der Waals surface area contributed by atoms with Crippen LogP contribution < -0.4 is 10.6 Å². The lowest BCUT2D eigenvalue weighted by Crippen LogP contribution is -2.53. The zero-order chi connectivity index (χ0) is 27.9. The van der Waals surface area contributed by atoms with Gasteiger partial charge in [0.25, 0.3) is 5.91 Å². The second kappa shape index (κ2) is 12.6. The maximum atomic E-state index is 13.8. The monoisotopic (exact) mass is 533 g/mol. The van der Waals surface area contributed by atoms with Crippen LogP contribution >= 0.6 is 12.6 Å². The van der Waals surface area contributed by atoms with Gasteiger partial charge in [0, 0.05) is 18.0 Å². The van der Waals surface area contributed by atoms with E-state index in [4.69, 9.17) is 4.74 Å². The molecule has 0 saturated heterocycles. The average molecular weight is 534 g/mol. The van der Waals surface area contributed by atoms with Gasteiger partial charge in [0.05, 0.1) is 0 Å². The quantitative estimate of drug-likeness (QED) is 0.302. The molecule has 0 heterocycles. The van der Waals surface area contributed by atoms with E-state index in [2.05, 4.69) is 29.8 Å². The number of nitrogens with zero attached hydrogens (tertiary/aromatic N) is 1. The lowest BCUT2D eigenvalue weighted by Gasteiger charge is -2.33. The van der Waals surface area contributed by atoms with Crippen LogP contribution in [-0.2, 0) is 14.3 Å². The number of nitrogens with one attached hydrogen (secondary N) is 2. The number of benzene rings is 3. The van der Waals surface area contributed by atoms with Gasteiger partial charge >= 0.3 is 6.09 Å². The van der Waals surface area contributed by atoms with Crippen LogP contribution in [0.3, 0.4) is 0 Å². The normalized spacial score (nSPS) is 12.8. The predicted octanol–water partition coefficient (Wildman–Crippen LogP) is 5.83. The Labute approximate surface area is 229 Å². The molecule has 0 aliphatic heterocycles. The van der Waals surface area contributed by atoms with E-state index in [1.54, 1.807) is 39.8 Å². The number of alkyl carbamates (subject to hydrolysis) is 1. The van der Waals surface area contributed by atoms with E-state index in [0.717, 1.165) is 16.3 Å². The van der Waals surface area contributed by atoms with Crippen LogP contribution in [0, 0.1) is 0 Å². The molecule has 2 unspecified atom stereocenters. The van der Waals surface area contributed by atoms with Crippen molar-refractivity contribution in [2.45, 2.75) is 45.4 Å². The minimum atomic E-state index is -0.994. The third kappa shape index (κ3) is 7.38. The summed E-state index contributed by atoms with van der Waals surface area (Å²) >= 11 is 4.30. The number of carbonyl (C=O) groups excluding carboxylic acids is 3. The van der Waals surface area contributed by atoms with E-state index in [1.807, 2.05) is 60.7 Å². The van der Waals surface area contributed by atoms with Gasteiger partial charge in [-0.05, 0) is 67.8 Å². The molecule has 3 amide bonds. The molecule has 200 valence electrons. The first kappa shape index (κ1) is 28.8. The molecule has 0 bridgehead atoms. The maximum absolute atomic E-state index is 13.8. The van der Waals surface area contributed by atoms with Gasteiger partial charge in [0.1, 0.15) is 17.7 Å². The highest BCUT2D eigenvalue weighted by Gasteiger charge is 2.35. The molecule has 0 aliphatic rings. The van der Waals surface area contributed by atoms with E-state index in [9.17, 15) is 14.4 Å². The zero-order valence-electron chi connectivity index (χ0n) is 22.2. The summed E-state index contributed by atoms with van der Waals surface area (Å²) in [5.41, 5.74) is 1.31. The largest absolute Gasteiger partial charge is 0.444 e. The van der Waals surface area contributed by atoms with Crippen LogP contribution in [0.2, 0.25) is 0 Å². The van der Waals surface area contributed by atoms with E-state index in [1.165, 1.54) is 4.90 Å². The molecule has 0 aliphatic carbocycles. The summed E-state index contributed by atoms with van der Waals surface area (Å²) in [5, 5.41) is 7.61. The van der Waals surface area contributed by atoms with E-state index in [0.29, 0.717) is 11.3 Å². The SMILES string of the molecule is C=Cc1cccc(C(C(=O)Nc2ccc3ccccc3c2)N(CC)C(=O)C(CS)NC(=O)OC(C)(C)C)c1. The van der Waals surface area contributed by atoms with Crippen LogP contribution in [0.15, 0.2) is 73.3 Å². The second-order valence-corrected chi connectivity index (χ2v) is 10.2. The van der Waals surface area contributed by atoms with Crippen molar-refractivity contribution in [1.82, 2.24) is 10.2 Å². The van der Waals surface area contributed by atoms with Crippen molar-refractivity contribution >= 4 is 53.1 Å². The Morgan fingerprint density at radius 3 is 2.37 bits per heavy atom. The standard InChI is InChI=1S/C30H35N3O4S/c1-6-20-11-10-14-23(17-20)26(27(34)31-24-16-15-21-12-8-9-13-22(21)18-24)33(7-2)28(35)25(19-38)32-29(36)37-30(3,4)5/h6,8-18,25-26,38H,1,7,19H2,2-5H3,(H,31,34)(H,32,36). The van der Waals surface area contributed by atoms with Gasteiger partial charge in [-0.1, -0.05) is 61.2 Å². The summed E-state index contributed by atoms with van der Waals surface area (Å²) in [6.07, 6.45) is 0.951. The third-order valence-corrected chi connectivity index (χ3v) is 6.20. The van der Waals surface area contributed by atoms with Gasteiger partial charge in [-0.15, -0.1) is 0 Å². The van der Waals surface area contributed by atoms with Gasteiger partial charge < -0.3 is 20.3 Å². The van der Waals surface area contributed by atoms with E-state index < -0.39 is 29.7 Å². The number of carbonyl (C=O) groups is 3. The molecule has 0 aromatic heterocycles. The number of hydrogen-bond acceptors (Lipinski definition) is 5. The zero-order valence-corrected chi connectivity index (χ0v) is 23.1. The van der Waals surface area contributed by atoms with Gasteiger partial charge in [-0.3, -0.25) is 9.59 Å². The number of amides is 3. The maximum Gasteiger partial charge on any atom is 0.408 e. The number of anilines is 1. The van der Waals surface area contributed by atoms with Crippen molar-refractivity contribution in [3.05, 3.63) is 84.4 Å². The molecule has 0 fully saturated rings. The van der Waals surface area contributed by atoms with Crippen molar-refractivity contribution < 1.29 is 19.1 Å². The van der Waals surface area contributed by atoms with Crippen LogP contribution in [0.1, 0.15) is 44.9 Å². The van der Waals surface area contributed by atoms with Crippen LogP contribution in [0.25, 0.3) is 16.8 Å². The summed E-state index contributed by atoms with van der Waals surface area (Å²) in [5.74, 6) is -0.803. The highest BCUT2D eigenvalue weighted by atomic mass is 32.1. The Hall–Kier alpha value is -3.78. The van der Waals surface area contributed by atoms with Crippen molar-refractivity contribution in [3.63, 3.8) is 0 Å². The Morgan fingerprint density at radius 2 is 1.74 bits per heavy atom. The van der Waals surface area contributed by atoms with Crippen molar-refractivity contribution in [1.29, 1.82) is 0 Å². The highest BCUT2D eigenvalue weighted by Crippen LogP contribution is 2.27. The first-order chi connectivity index (χ1) is 18.1. The molecular weight excluding hydrogens is 498 g/mol. The van der Waals surface area contributed by atoms with Crippen LogP contribution in [0.5, 0.6) is 0 Å². The third-order valence-electron chi connectivity index (χ3n) is 5.83. The summed E-state index contributed by atoms with van der Waals surface area (Å²) < 4.78 is 5.33. The first-order valence-corrected chi connectivity index (χ1v) is 13.1. The van der Waals surface area contributed by atoms with Gasteiger partial charge in [-0.25, -0.2) is 4.79 Å². The Morgan fingerprint density at radius 1 is 1.03 bits per heavy atom. The van der Waals surface area contributed by atoms with Crippen LogP contribution in [-0.4, -0.2) is 46.7 Å². The first-order valence-electron chi connectivity index (χ1n) is 12.5. The molecule has 3 aromatic carbocycles. The summed E-state index contributed by atoms with van der Waals surface area (Å²) in [4.78, 5) is 41.4. The number of ether oxygens (including phenoxy) is 1. The van der Waals surface area contributed by atoms with Crippen molar-refractivity contribution in [2.24, 2.45) is 0 Å². The Bertz CT molecular complexity index is 1320. The molecule has 8 heteroatoms. The minimum absolute atomic E-state index is 0.0281. The Kier molecular flexibility index (Phi) is 9.58. The molecule has 0 radical (unpaired) electrons. The van der Waals surface area contributed by atoms with Crippen molar-refractivity contribution in [3.8, 4) is 0 Å². The van der Waals surface area contributed by atoms with Crippen molar-refractivity contribution in [2.75, 3.05) is 17.6 Å². The molecule has 0 saturated carbocycles. The molecule has 3 rings (SSSR count). The van der Waals surface area contributed by atoms with Gasteiger partial charge in [0.2, 0.25) is 5.91 Å². The smallest absolute Gasteiger partial charge is 0.408 e. The fourth-order valence-electron chi connectivity index (χ4n) is 4.11. The fourth-order valence-corrected chi connectivity index (χ4v) is 4.36. The van der Waals surface area contributed by atoms with Crippen LogP contribution in [0.4, 0.5) is 10.5 Å². The number of hydrogen-bond donors (Lipinski definition) is 3. The number of thiol groups is 1. The van der Waals surface area contributed by atoms with E-state index >= 15 is 0 Å².